The van der Waals surface area contributed by atoms with Gasteiger partial charge in [0, 0.05) is 6.07 Å². The number of halogens is 2. The molecule has 0 radical (unpaired) electrons. The third-order valence-corrected chi connectivity index (χ3v) is 2.17. The molecule has 1 aromatic carbocycles. The normalized spacial score (nSPS) is 9.50. The summed E-state index contributed by atoms with van der Waals surface area (Å²) in [5, 5.41) is 1.95. The summed E-state index contributed by atoms with van der Waals surface area (Å²) in [6, 6.07) is 2.11. The summed E-state index contributed by atoms with van der Waals surface area (Å²) in [5.74, 6) is -0.741. The maximum absolute atomic E-state index is 13.3. The van der Waals surface area contributed by atoms with Crippen molar-refractivity contribution in [2.75, 3.05) is 6.61 Å². The molecule has 0 aliphatic rings. The van der Waals surface area contributed by atoms with Gasteiger partial charge in [0.05, 0.1) is 16.8 Å². The van der Waals surface area contributed by atoms with Crippen LogP contribution in [0.5, 0.6) is 5.75 Å². The first-order valence-corrected chi connectivity index (χ1v) is 5.78. The lowest BCUT2D eigenvalue weighted by atomic mass is 10.3. The Morgan fingerprint density at radius 3 is 2.94 bits per heavy atom. The second-order valence-corrected chi connectivity index (χ2v) is 3.73. The van der Waals surface area contributed by atoms with Crippen LogP contribution in [-0.2, 0) is 4.74 Å². The van der Waals surface area contributed by atoms with Gasteiger partial charge in [0.2, 0.25) is 0 Å². The van der Waals surface area contributed by atoms with Crippen LogP contribution in [0.2, 0.25) is 5.02 Å². The Morgan fingerprint density at radius 2 is 2.33 bits per heavy atom. The van der Waals surface area contributed by atoms with Gasteiger partial charge in [0.1, 0.15) is 5.69 Å². The molecule has 1 aromatic rings. The number of thiocarbonyl (C=S) groups is 1. The summed E-state index contributed by atoms with van der Waals surface area (Å²) in [6.45, 7) is 2.06. The van der Waals surface area contributed by atoms with E-state index in [1.54, 1.807) is 0 Å². The highest BCUT2D eigenvalue weighted by Crippen LogP contribution is 2.32. The zero-order valence-electron chi connectivity index (χ0n) is 9.41. The van der Waals surface area contributed by atoms with Crippen molar-refractivity contribution in [2.24, 2.45) is 4.99 Å². The SMILES string of the molecule is CCCOC(=O)Oc1cc(N=C=S)c(F)cc1Cl. The zero-order valence-corrected chi connectivity index (χ0v) is 11.0. The van der Waals surface area contributed by atoms with Crippen LogP contribution in [0.25, 0.3) is 0 Å². The van der Waals surface area contributed by atoms with E-state index in [2.05, 4.69) is 17.2 Å². The monoisotopic (exact) mass is 289 g/mol. The molecule has 0 aliphatic heterocycles. The first kappa shape index (κ1) is 14.6. The molecular formula is C11H9ClFNO3S. The lowest BCUT2D eigenvalue weighted by Gasteiger charge is -2.07. The molecule has 0 saturated heterocycles. The van der Waals surface area contributed by atoms with E-state index in [-0.39, 0.29) is 23.1 Å². The Morgan fingerprint density at radius 1 is 1.61 bits per heavy atom. The third-order valence-electron chi connectivity index (χ3n) is 1.78. The Hall–Kier alpha value is -1.49. The number of rotatable bonds is 4. The van der Waals surface area contributed by atoms with E-state index in [1.807, 2.05) is 12.1 Å². The fourth-order valence-electron chi connectivity index (χ4n) is 1.04. The second kappa shape index (κ2) is 7.06. The standard InChI is InChI=1S/C11H9ClFNO3S/c1-2-3-16-11(15)17-10-5-9(14-6-18)8(13)4-7(10)12/h4-5H,2-3H2,1H3. The highest BCUT2D eigenvalue weighted by Gasteiger charge is 2.13. The molecule has 0 saturated carbocycles. The fraction of sp³-hybridized carbons (Fsp3) is 0.273. The van der Waals surface area contributed by atoms with E-state index in [1.165, 1.54) is 0 Å². The van der Waals surface area contributed by atoms with Gasteiger partial charge in [-0.05, 0) is 24.7 Å². The first-order chi connectivity index (χ1) is 8.58. The van der Waals surface area contributed by atoms with E-state index < -0.39 is 12.0 Å². The van der Waals surface area contributed by atoms with Gasteiger partial charge in [-0.15, -0.1) is 0 Å². The molecule has 4 nitrogen and oxygen atoms in total. The van der Waals surface area contributed by atoms with Crippen molar-refractivity contribution in [2.45, 2.75) is 13.3 Å². The summed E-state index contributed by atoms with van der Waals surface area (Å²) in [6.07, 6.45) is -0.255. The van der Waals surface area contributed by atoms with Gasteiger partial charge >= 0.3 is 6.16 Å². The van der Waals surface area contributed by atoms with Crippen molar-refractivity contribution in [1.29, 1.82) is 0 Å². The minimum absolute atomic E-state index is 0.0526. The number of isothiocyanates is 1. The fourth-order valence-corrected chi connectivity index (χ4v) is 1.32. The van der Waals surface area contributed by atoms with Gasteiger partial charge in [-0.25, -0.2) is 9.18 Å². The van der Waals surface area contributed by atoms with Crippen molar-refractivity contribution >= 4 is 40.8 Å². The van der Waals surface area contributed by atoms with Crippen LogP contribution in [0.1, 0.15) is 13.3 Å². The Balaban J connectivity index is 2.91. The zero-order chi connectivity index (χ0) is 13.5. The van der Waals surface area contributed by atoms with Crippen molar-refractivity contribution in [3.05, 3.63) is 23.0 Å². The molecule has 0 unspecified atom stereocenters. The van der Waals surface area contributed by atoms with Gasteiger partial charge in [0.15, 0.2) is 11.6 Å². The minimum atomic E-state index is -0.914. The third kappa shape index (κ3) is 4.07. The van der Waals surface area contributed by atoms with E-state index in [4.69, 9.17) is 21.1 Å². The second-order valence-electron chi connectivity index (χ2n) is 3.14. The Kier molecular flexibility index (Phi) is 5.71. The molecule has 0 aliphatic carbocycles. The smallest absolute Gasteiger partial charge is 0.434 e. The van der Waals surface area contributed by atoms with Gasteiger partial charge in [0.25, 0.3) is 0 Å². The lowest BCUT2D eigenvalue weighted by Crippen LogP contribution is -2.11. The molecule has 1 rings (SSSR count). The van der Waals surface area contributed by atoms with E-state index in [9.17, 15) is 9.18 Å². The molecule has 0 heterocycles. The summed E-state index contributed by atoms with van der Waals surface area (Å²) >= 11 is 10.1. The number of aliphatic imine (C=N–C) groups is 1. The van der Waals surface area contributed by atoms with E-state index >= 15 is 0 Å². The summed E-state index contributed by atoms with van der Waals surface area (Å²) < 4.78 is 22.8. The molecule has 96 valence electrons. The maximum Gasteiger partial charge on any atom is 0.513 e. The average molecular weight is 290 g/mol. The van der Waals surface area contributed by atoms with Crippen molar-refractivity contribution in [3.63, 3.8) is 0 Å². The largest absolute Gasteiger partial charge is 0.513 e. The Labute approximate surface area is 113 Å². The molecule has 0 bridgehead atoms. The van der Waals surface area contributed by atoms with Gasteiger partial charge < -0.3 is 9.47 Å². The summed E-state index contributed by atoms with van der Waals surface area (Å²) in [7, 11) is 0. The lowest BCUT2D eigenvalue weighted by molar-refractivity contribution is 0.0992. The first-order valence-electron chi connectivity index (χ1n) is 5.00. The molecule has 0 fully saturated rings. The summed E-state index contributed by atoms with van der Waals surface area (Å²) in [5.41, 5.74) is -0.118. The number of carbonyl (C=O) groups is 1. The molecule has 0 spiro atoms. The molecule has 18 heavy (non-hydrogen) atoms. The highest BCUT2D eigenvalue weighted by atomic mass is 35.5. The van der Waals surface area contributed by atoms with Gasteiger partial charge in [-0.1, -0.05) is 18.5 Å². The molecule has 0 aromatic heterocycles. The molecule has 0 atom stereocenters. The molecule has 7 heteroatoms. The summed E-state index contributed by atoms with van der Waals surface area (Å²) in [4.78, 5) is 14.7. The maximum atomic E-state index is 13.3. The number of nitrogens with zero attached hydrogens (tertiary/aromatic N) is 1. The quantitative estimate of drug-likeness (QED) is 0.362. The number of hydrogen-bond acceptors (Lipinski definition) is 5. The topological polar surface area (TPSA) is 47.9 Å². The van der Waals surface area contributed by atoms with Gasteiger partial charge in [-0.3, -0.25) is 0 Å². The molecule has 0 amide bonds. The van der Waals surface area contributed by atoms with E-state index in [0.29, 0.717) is 6.42 Å². The van der Waals surface area contributed by atoms with Crippen molar-refractivity contribution in [1.82, 2.24) is 0 Å². The van der Waals surface area contributed by atoms with Crippen LogP contribution in [0.3, 0.4) is 0 Å². The van der Waals surface area contributed by atoms with Crippen molar-refractivity contribution in [3.8, 4) is 5.75 Å². The Bertz CT molecular complexity index is 503. The molecule has 0 N–H and O–H groups in total. The van der Waals surface area contributed by atoms with Crippen LogP contribution in [0, 0.1) is 5.82 Å². The van der Waals surface area contributed by atoms with Crippen LogP contribution in [-0.4, -0.2) is 17.9 Å². The van der Waals surface area contributed by atoms with Crippen LogP contribution in [0.15, 0.2) is 17.1 Å². The van der Waals surface area contributed by atoms with Crippen LogP contribution >= 0.6 is 23.8 Å². The molecular weight excluding hydrogens is 281 g/mol. The average Bonchev–Trinajstić information content (AvgIpc) is 2.33. The van der Waals surface area contributed by atoms with Crippen molar-refractivity contribution < 1.29 is 18.7 Å². The minimum Gasteiger partial charge on any atom is -0.434 e. The predicted molar refractivity (Wildman–Crippen MR) is 68.4 cm³/mol. The van der Waals surface area contributed by atoms with E-state index in [0.717, 1.165) is 12.1 Å². The number of benzene rings is 1. The van der Waals surface area contributed by atoms with Crippen LogP contribution in [0.4, 0.5) is 14.9 Å². The predicted octanol–water partition coefficient (Wildman–Crippen LogP) is 4.14. The number of ether oxygens (including phenoxy) is 2. The van der Waals surface area contributed by atoms with Gasteiger partial charge in [-0.2, -0.15) is 4.99 Å². The highest BCUT2D eigenvalue weighted by molar-refractivity contribution is 7.78. The number of hydrogen-bond donors (Lipinski definition) is 0. The van der Waals surface area contributed by atoms with Crippen LogP contribution < -0.4 is 4.74 Å². The number of carbonyl (C=O) groups excluding carboxylic acids is 1.